The van der Waals surface area contributed by atoms with E-state index in [1.165, 1.54) is 12.5 Å². The van der Waals surface area contributed by atoms with E-state index in [-0.39, 0.29) is 29.5 Å². The third-order valence-electron chi connectivity index (χ3n) is 5.51. The summed E-state index contributed by atoms with van der Waals surface area (Å²) in [5.41, 5.74) is 2.32. The summed E-state index contributed by atoms with van der Waals surface area (Å²) in [6.07, 6.45) is 3.70. The first-order chi connectivity index (χ1) is 12.9. The fraction of sp³-hybridized carbons (Fsp3) is 0.474. The molecule has 3 heterocycles. The molecule has 2 atom stereocenters. The minimum Gasteiger partial charge on any atom is -0.336 e. The van der Waals surface area contributed by atoms with Gasteiger partial charge in [0.25, 0.3) is 0 Å². The highest BCUT2D eigenvalue weighted by atomic mass is 32.2. The van der Waals surface area contributed by atoms with Gasteiger partial charge < -0.3 is 4.90 Å². The van der Waals surface area contributed by atoms with E-state index in [0.29, 0.717) is 19.6 Å². The SMILES string of the molecule is CC(=O)N1CCN(Cc2ccc(Cn3cccn3)cc2)[C@H]2CS(=O)(=O)C[C@H]21. The van der Waals surface area contributed by atoms with Gasteiger partial charge in [0.15, 0.2) is 9.84 Å². The van der Waals surface area contributed by atoms with Gasteiger partial charge in [0.1, 0.15) is 0 Å². The van der Waals surface area contributed by atoms with Gasteiger partial charge in [-0.1, -0.05) is 24.3 Å². The van der Waals surface area contributed by atoms with Crippen molar-refractivity contribution in [3.8, 4) is 0 Å². The van der Waals surface area contributed by atoms with Crippen molar-refractivity contribution in [2.24, 2.45) is 0 Å². The molecule has 0 spiro atoms. The van der Waals surface area contributed by atoms with E-state index in [2.05, 4.69) is 34.3 Å². The fourth-order valence-corrected chi connectivity index (χ4v) is 6.19. The predicted molar refractivity (Wildman–Crippen MR) is 102 cm³/mol. The molecule has 4 rings (SSSR count). The van der Waals surface area contributed by atoms with Crippen molar-refractivity contribution in [3.63, 3.8) is 0 Å². The lowest BCUT2D eigenvalue weighted by atomic mass is 10.0. The van der Waals surface area contributed by atoms with E-state index in [0.717, 1.165) is 12.1 Å². The Morgan fingerprint density at radius 1 is 1.07 bits per heavy atom. The highest BCUT2D eigenvalue weighted by molar-refractivity contribution is 7.91. The van der Waals surface area contributed by atoms with Crippen LogP contribution >= 0.6 is 0 Å². The summed E-state index contributed by atoms with van der Waals surface area (Å²) in [6.45, 7) is 4.24. The molecule has 2 saturated heterocycles. The highest BCUT2D eigenvalue weighted by Gasteiger charge is 2.47. The summed E-state index contributed by atoms with van der Waals surface area (Å²) in [6, 6.07) is 9.93. The van der Waals surface area contributed by atoms with Crippen LogP contribution in [0.25, 0.3) is 0 Å². The summed E-state index contributed by atoms with van der Waals surface area (Å²) in [4.78, 5) is 15.8. The molecule has 27 heavy (non-hydrogen) atoms. The maximum atomic E-state index is 12.2. The molecule has 0 radical (unpaired) electrons. The number of fused-ring (bicyclic) bond motifs is 1. The second-order valence-corrected chi connectivity index (χ2v) is 9.57. The Hall–Kier alpha value is -2.19. The van der Waals surface area contributed by atoms with E-state index in [1.807, 2.05) is 16.9 Å². The van der Waals surface area contributed by atoms with Gasteiger partial charge in [0, 0.05) is 45.0 Å². The lowest BCUT2D eigenvalue weighted by molar-refractivity contribution is -0.134. The van der Waals surface area contributed by atoms with Crippen molar-refractivity contribution in [3.05, 3.63) is 53.9 Å². The number of amides is 1. The third-order valence-corrected chi connectivity index (χ3v) is 7.21. The number of hydrogen-bond donors (Lipinski definition) is 0. The van der Waals surface area contributed by atoms with Crippen molar-refractivity contribution in [2.45, 2.75) is 32.1 Å². The highest BCUT2D eigenvalue weighted by Crippen LogP contribution is 2.28. The first-order valence-electron chi connectivity index (χ1n) is 9.18. The minimum atomic E-state index is -3.10. The van der Waals surface area contributed by atoms with Crippen LogP contribution in [0.5, 0.6) is 0 Å². The van der Waals surface area contributed by atoms with Crippen LogP contribution in [0.1, 0.15) is 18.1 Å². The average Bonchev–Trinajstić information content (AvgIpc) is 3.23. The molecule has 0 saturated carbocycles. The van der Waals surface area contributed by atoms with Crippen LogP contribution in [0.15, 0.2) is 42.7 Å². The van der Waals surface area contributed by atoms with E-state index in [1.54, 1.807) is 11.1 Å². The van der Waals surface area contributed by atoms with E-state index in [9.17, 15) is 13.2 Å². The first kappa shape index (κ1) is 18.2. The largest absolute Gasteiger partial charge is 0.336 e. The van der Waals surface area contributed by atoms with Crippen LogP contribution in [0.4, 0.5) is 0 Å². The molecule has 2 aliphatic heterocycles. The van der Waals surface area contributed by atoms with Gasteiger partial charge in [-0.15, -0.1) is 0 Å². The third kappa shape index (κ3) is 3.91. The number of nitrogens with zero attached hydrogens (tertiary/aromatic N) is 4. The maximum absolute atomic E-state index is 12.2. The second-order valence-electron chi connectivity index (χ2n) is 7.41. The van der Waals surface area contributed by atoms with Gasteiger partial charge in [-0.2, -0.15) is 5.10 Å². The quantitative estimate of drug-likeness (QED) is 0.773. The average molecular weight is 388 g/mol. The summed E-state index contributed by atoms with van der Waals surface area (Å²) in [7, 11) is -3.10. The van der Waals surface area contributed by atoms with Crippen molar-refractivity contribution in [1.29, 1.82) is 0 Å². The van der Waals surface area contributed by atoms with Crippen molar-refractivity contribution < 1.29 is 13.2 Å². The molecule has 0 bridgehead atoms. The normalized spacial score (nSPS) is 24.7. The van der Waals surface area contributed by atoms with Gasteiger partial charge in [-0.3, -0.25) is 14.4 Å². The molecule has 0 N–H and O–H groups in total. The van der Waals surface area contributed by atoms with Gasteiger partial charge in [0.2, 0.25) is 5.91 Å². The second kappa shape index (κ2) is 7.09. The van der Waals surface area contributed by atoms with Crippen LogP contribution < -0.4 is 0 Å². The molecule has 144 valence electrons. The van der Waals surface area contributed by atoms with E-state index in [4.69, 9.17) is 0 Å². The van der Waals surface area contributed by atoms with Gasteiger partial charge >= 0.3 is 0 Å². The van der Waals surface area contributed by atoms with Crippen LogP contribution in [0.2, 0.25) is 0 Å². The van der Waals surface area contributed by atoms with E-state index >= 15 is 0 Å². The number of rotatable bonds is 4. The predicted octanol–water partition coefficient (Wildman–Crippen LogP) is 0.761. The number of benzene rings is 1. The van der Waals surface area contributed by atoms with Crippen LogP contribution in [-0.4, -0.2) is 70.6 Å². The monoisotopic (exact) mass is 388 g/mol. The summed E-state index contributed by atoms with van der Waals surface area (Å²) >= 11 is 0. The lowest BCUT2D eigenvalue weighted by Gasteiger charge is -2.43. The molecule has 1 amide bonds. The van der Waals surface area contributed by atoms with Crippen molar-refractivity contribution in [1.82, 2.24) is 19.6 Å². The molecule has 2 aromatic rings. The molecular formula is C19H24N4O3S. The van der Waals surface area contributed by atoms with Crippen molar-refractivity contribution >= 4 is 15.7 Å². The fourth-order valence-electron chi connectivity index (χ4n) is 4.18. The molecule has 1 aromatic carbocycles. The first-order valence-corrected chi connectivity index (χ1v) is 11.0. The zero-order chi connectivity index (χ0) is 19.0. The van der Waals surface area contributed by atoms with E-state index < -0.39 is 9.84 Å². The van der Waals surface area contributed by atoms with Crippen molar-refractivity contribution in [2.75, 3.05) is 24.6 Å². The molecule has 1 aromatic heterocycles. The lowest BCUT2D eigenvalue weighted by Crippen LogP contribution is -2.59. The summed E-state index contributed by atoms with van der Waals surface area (Å²) in [5.74, 6) is 0.180. The Balaban J connectivity index is 1.46. The van der Waals surface area contributed by atoms with Crippen LogP contribution in [0.3, 0.4) is 0 Å². The Labute approximate surface area is 159 Å². The smallest absolute Gasteiger partial charge is 0.219 e. The zero-order valence-corrected chi connectivity index (χ0v) is 16.2. The number of hydrogen-bond acceptors (Lipinski definition) is 5. The number of aromatic nitrogens is 2. The number of piperazine rings is 1. The van der Waals surface area contributed by atoms with Crippen LogP contribution in [0, 0.1) is 0 Å². The molecule has 0 unspecified atom stereocenters. The molecular weight excluding hydrogens is 364 g/mol. The number of carbonyl (C=O) groups is 1. The number of sulfone groups is 1. The minimum absolute atomic E-state index is 0.0373. The molecule has 2 fully saturated rings. The maximum Gasteiger partial charge on any atom is 0.219 e. The molecule has 0 aliphatic carbocycles. The molecule has 2 aliphatic rings. The Morgan fingerprint density at radius 3 is 2.37 bits per heavy atom. The summed E-state index contributed by atoms with van der Waals surface area (Å²) < 4.78 is 26.3. The molecule has 8 heteroatoms. The zero-order valence-electron chi connectivity index (χ0n) is 15.4. The molecule has 7 nitrogen and oxygen atoms in total. The summed E-state index contributed by atoms with van der Waals surface area (Å²) in [5, 5.41) is 4.22. The van der Waals surface area contributed by atoms with Gasteiger partial charge in [-0.05, 0) is 17.2 Å². The van der Waals surface area contributed by atoms with Crippen LogP contribution in [-0.2, 0) is 27.7 Å². The number of carbonyl (C=O) groups excluding carboxylic acids is 1. The Kier molecular flexibility index (Phi) is 4.77. The Bertz CT molecular complexity index is 909. The van der Waals surface area contributed by atoms with Gasteiger partial charge in [-0.25, -0.2) is 8.42 Å². The van der Waals surface area contributed by atoms with Gasteiger partial charge in [0.05, 0.1) is 24.1 Å². The Morgan fingerprint density at radius 2 is 1.74 bits per heavy atom. The standard InChI is InChI=1S/C19H24N4O3S/c1-15(24)23-10-9-21(18-13-27(25,26)14-19(18)23)11-16-3-5-17(6-4-16)12-22-8-2-7-20-22/h2-8,18-19H,9-14H2,1H3/t18-,19+/m0/s1. The topological polar surface area (TPSA) is 75.5 Å².